The third-order valence-corrected chi connectivity index (χ3v) is 16.8. The summed E-state index contributed by atoms with van der Waals surface area (Å²) in [7, 11) is 0. The Morgan fingerprint density at radius 1 is 0.500 bits per heavy atom. The number of fused-ring (bicyclic) bond motifs is 4. The van der Waals surface area contributed by atoms with E-state index in [0.29, 0.717) is 29.3 Å². The molecule has 10 aromatic rings. The summed E-state index contributed by atoms with van der Waals surface area (Å²) < 4.78 is 24.5. The summed E-state index contributed by atoms with van der Waals surface area (Å²) in [5.74, 6) is 3.16. The molecule has 7 heteroatoms. The second-order valence-corrected chi connectivity index (χ2v) is 26.6. The van der Waals surface area contributed by atoms with Crippen LogP contribution in [0.4, 0.5) is 27.1 Å². The van der Waals surface area contributed by atoms with Crippen LogP contribution < -0.4 is 14.5 Å². The summed E-state index contributed by atoms with van der Waals surface area (Å²) in [6.07, 6.45) is 1.91. The van der Waals surface area contributed by atoms with Crippen LogP contribution in [0.3, 0.4) is 0 Å². The van der Waals surface area contributed by atoms with Crippen molar-refractivity contribution < 1.29 is 30.2 Å². The van der Waals surface area contributed by atoms with Crippen molar-refractivity contribution in [2.24, 2.45) is 0 Å². The van der Waals surface area contributed by atoms with Gasteiger partial charge in [0, 0.05) is 72.5 Å². The van der Waals surface area contributed by atoms with E-state index in [1.54, 1.807) is 12.1 Å². The molecule has 0 spiro atoms. The van der Waals surface area contributed by atoms with Crippen LogP contribution in [0, 0.1) is 24.6 Å². The number of anilines is 4. The summed E-state index contributed by atoms with van der Waals surface area (Å²) in [4.78, 5) is 9.60. The Hall–Kier alpha value is -7.27. The topological polar surface area (TPSA) is 33.5 Å². The maximum atomic E-state index is 15.0. The third kappa shape index (κ3) is 11.5. The number of aromatic nitrogens is 2. The van der Waals surface area contributed by atoms with Crippen molar-refractivity contribution in [2.45, 2.75) is 151 Å². The minimum absolute atomic E-state index is 0. The number of benzene rings is 8. The molecule has 11 rings (SSSR count). The predicted molar refractivity (Wildman–Crippen MR) is 348 cm³/mol. The zero-order valence-electron chi connectivity index (χ0n) is 51.9. The van der Waals surface area contributed by atoms with E-state index in [1.807, 2.05) is 24.4 Å². The Kier molecular flexibility index (Phi) is 16.6. The van der Waals surface area contributed by atoms with Gasteiger partial charge in [-0.15, -0.1) is 53.6 Å². The molecule has 0 unspecified atom stereocenters. The predicted octanol–water partition coefficient (Wildman–Crippen LogP) is 22.3. The van der Waals surface area contributed by atoms with E-state index in [1.165, 1.54) is 44.5 Å². The van der Waals surface area contributed by atoms with E-state index in [9.17, 15) is 0 Å². The van der Waals surface area contributed by atoms with Gasteiger partial charge in [-0.1, -0.05) is 189 Å². The molecule has 0 atom stereocenters. The number of ether oxygens (including phenoxy) is 1. The largest absolute Gasteiger partial charge is 0.509 e. The SMILES string of the molecule is CC(C)c1cc(-c2cc(C(C)(C)C)cc(-c3ccc(F)cc3)c2N2[CH-]N(c3[c-]c(Oc4[c-]c5c(cc4)c4ccccc4n5-c4cc(C(C)(C)C)ccn4)cc(-c4c(C(C)C)cc(C(C)C)cc4C(C)C)c3)c3ccccc32)cc(C(C)C)c1.[Pt]. The molecule has 3 heterocycles. The minimum Gasteiger partial charge on any atom is -0.509 e. The first kappa shape index (κ1) is 59.9. The molecular weight excluding hydrogens is 1210 g/mol. The molecule has 0 saturated heterocycles. The average Bonchev–Trinajstić information content (AvgIpc) is 1.73. The Labute approximate surface area is 514 Å². The molecule has 0 saturated carbocycles. The van der Waals surface area contributed by atoms with Crippen LogP contribution in [0.15, 0.2) is 158 Å². The standard InChI is InChI=1S/C77H80FN4O.Pt/c1-46(2)52-33-53(47(3)4)35-55(34-52)68-41-58(77(14,15)16)40-67(51-25-27-59(78)28-26-51)75(68)81-45-80(70-23-19-20-24-71(70)81)60-36-56(74-65(49(7)8)38-54(48(5)6)39-66(74)50(9)10)37-62(43-60)83-61-29-30-64-63-21-17-18-22-69(63)82(72(64)44-61)73-42-57(31-32-79-73)76(11,12)13;/h17-42,45-50H,1-16H3;/q-3;. The van der Waals surface area contributed by atoms with E-state index in [0.717, 1.165) is 78.2 Å². The number of nitrogens with zero attached hydrogens (tertiary/aromatic N) is 4. The average molecular weight is 1290 g/mol. The quantitative estimate of drug-likeness (QED) is 0.108. The van der Waals surface area contributed by atoms with Crippen LogP contribution in [0.5, 0.6) is 11.5 Å². The van der Waals surface area contributed by atoms with Gasteiger partial charge in [-0.2, -0.15) is 6.07 Å². The number of pyridine rings is 1. The van der Waals surface area contributed by atoms with Gasteiger partial charge in [0.15, 0.2) is 0 Å². The zero-order chi connectivity index (χ0) is 59.0. The molecule has 5 nitrogen and oxygen atoms in total. The fraction of sp³-hybridized carbons (Fsp3) is 0.299. The van der Waals surface area contributed by atoms with Crippen LogP contribution in [-0.2, 0) is 31.9 Å². The fourth-order valence-corrected chi connectivity index (χ4v) is 11.8. The summed E-state index contributed by atoms with van der Waals surface area (Å²) in [6.45, 7) is 38.7. The van der Waals surface area contributed by atoms with Gasteiger partial charge < -0.3 is 19.1 Å². The van der Waals surface area contributed by atoms with Gasteiger partial charge in [0.1, 0.15) is 11.6 Å². The summed E-state index contributed by atoms with van der Waals surface area (Å²) in [6, 6.07) is 61.5. The Bertz CT molecular complexity index is 4020. The van der Waals surface area contributed by atoms with Crippen molar-refractivity contribution in [1.82, 2.24) is 9.55 Å². The molecule has 0 N–H and O–H groups in total. The van der Waals surface area contributed by atoms with Gasteiger partial charge >= 0.3 is 0 Å². The minimum atomic E-state index is -0.269. The number of hydrogen-bond donors (Lipinski definition) is 0. The maximum absolute atomic E-state index is 15.0. The molecule has 434 valence electrons. The number of hydrogen-bond acceptors (Lipinski definition) is 4. The molecule has 84 heavy (non-hydrogen) atoms. The van der Waals surface area contributed by atoms with Crippen molar-refractivity contribution in [3.05, 3.63) is 221 Å². The molecule has 1 aliphatic rings. The second kappa shape index (κ2) is 23.3. The number of rotatable bonds is 13. The van der Waals surface area contributed by atoms with E-state index in [2.05, 4.69) is 265 Å². The molecule has 0 aliphatic carbocycles. The van der Waals surface area contributed by atoms with E-state index >= 15 is 4.39 Å². The first-order chi connectivity index (χ1) is 39.4. The fourth-order valence-electron chi connectivity index (χ4n) is 11.8. The number of para-hydroxylation sites is 3. The van der Waals surface area contributed by atoms with Crippen LogP contribution in [0.25, 0.3) is 61.0 Å². The van der Waals surface area contributed by atoms with Crippen molar-refractivity contribution in [3.8, 4) is 50.7 Å². The molecule has 8 aromatic carbocycles. The van der Waals surface area contributed by atoms with Crippen molar-refractivity contribution in [1.29, 1.82) is 0 Å². The van der Waals surface area contributed by atoms with Gasteiger partial charge in [0.25, 0.3) is 0 Å². The van der Waals surface area contributed by atoms with Gasteiger partial charge in [0.2, 0.25) is 0 Å². The molecule has 0 bridgehead atoms. The van der Waals surface area contributed by atoms with Gasteiger partial charge in [-0.25, -0.2) is 9.37 Å². The molecule has 1 aliphatic heterocycles. The zero-order valence-corrected chi connectivity index (χ0v) is 54.1. The van der Waals surface area contributed by atoms with Crippen LogP contribution in [0.1, 0.15) is 179 Å². The van der Waals surface area contributed by atoms with Crippen LogP contribution in [0.2, 0.25) is 0 Å². The molecule has 0 fully saturated rings. The van der Waals surface area contributed by atoms with Gasteiger partial charge in [-0.3, -0.25) is 0 Å². The summed E-state index contributed by atoms with van der Waals surface area (Å²) in [5.41, 5.74) is 20.9. The Balaban J connectivity index is 0.00000786. The van der Waals surface area contributed by atoms with Crippen molar-refractivity contribution in [2.75, 3.05) is 9.80 Å². The van der Waals surface area contributed by atoms with Crippen molar-refractivity contribution >= 4 is 44.6 Å². The van der Waals surface area contributed by atoms with Gasteiger partial charge in [-0.05, 0) is 156 Å². The third-order valence-electron chi connectivity index (χ3n) is 16.8. The van der Waals surface area contributed by atoms with E-state index < -0.39 is 0 Å². The molecule has 2 aromatic heterocycles. The van der Waals surface area contributed by atoms with E-state index in [4.69, 9.17) is 9.72 Å². The first-order valence-corrected chi connectivity index (χ1v) is 29.9. The normalized spacial score (nSPS) is 12.9. The number of halogens is 1. The smallest absolute Gasteiger partial charge is 0.135 e. The maximum Gasteiger partial charge on any atom is 0.135 e. The molecule has 0 amide bonds. The van der Waals surface area contributed by atoms with Crippen LogP contribution in [-0.4, -0.2) is 9.55 Å². The molecular formula is C77H80FN4OPt-3. The Morgan fingerprint density at radius 3 is 1.67 bits per heavy atom. The summed E-state index contributed by atoms with van der Waals surface area (Å²) >= 11 is 0. The van der Waals surface area contributed by atoms with Crippen LogP contribution >= 0.6 is 0 Å². The summed E-state index contributed by atoms with van der Waals surface area (Å²) in [5, 5.41) is 2.19. The van der Waals surface area contributed by atoms with E-state index in [-0.39, 0.29) is 49.5 Å². The van der Waals surface area contributed by atoms with Crippen molar-refractivity contribution in [3.63, 3.8) is 0 Å². The Morgan fingerprint density at radius 2 is 1.07 bits per heavy atom. The second-order valence-electron chi connectivity index (χ2n) is 26.6. The monoisotopic (exact) mass is 1290 g/mol. The first-order valence-electron chi connectivity index (χ1n) is 29.9. The van der Waals surface area contributed by atoms with Gasteiger partial charge in [0.05, 0.1) is 0 Å². The molecule has 0 radical (unpaired) electrons.